The standard InChI is InChI=1S/C24H20ClN3O7/c1-13-8-20-17(10-18(13)25)19(29)11-24(35-20)4-6-26(7-5-24)21(30)12-27-22(31)15-3-2-14(28(33)34)9-16(15)23(27)32/h2-3,8-10H,4-7,11-12H2,1H3. The highest BCUT2D eigenvalue weighted by atomic mass is 35.5. The van der Waals surface area contributed by atoms with Gasteiger partial charge in [-0.15, -0.1) is 0 Å². The fourth-order valence-corrected chi connectivity index (χ4v) is 4.99. The molecule has 11 heteroatoms. The second-order valence-electron chi connectivity index (χ2n) is 9.05. The van der Waals surface area contributed by atoms with E-state index in [9.17, 15) is 29.3 Å². The van der Waals surface area contributed by atoms with Crippen molar-refractivity contribution < 1.29 is 28.8 Å². The lowest BCUT2D eigenvalue weighted by Gasteiger charge is -2.44. The molecule has 5 rings (SSSR count). The predicted molar refractivity (Wildman–Crippen MR) is 123 cm³/mol. The molecule has 1 saturated heterocycles. The number of rotatable bonds is 3. The van der Waals surface area contributed by atoms with E-state index < -0.39 is 34.8 Å². The molecule has 1 spiro atoms. The van der Waals surface area contributed by atoms with Crippen LogP contribution in [0.2, 0.25) is 5.02 Å². The van der Waals surface area contributed by atoms with Gasteiger partial charge in [0.25, 0.3) is 17.5 Å². The van der Waals surface area contributed by atoms with Crippen molar-refractivity contribution in [3.63, 3.8) is 0 Å². The molecule has 3 heterocycles. The van der Waals surface area contributed by atoms with Gasteiger partial charge in [0, 0.05) is 43.1 Å². The van der Waals surface area contributed by atoms with Crippen LogP contribution in [0.4, 0.5) is 5.69 Å². The summed E-state index contributed by atoms with van der Waals surface area (Å²) in [4.78, 5) is 63.7. The SMILES string of the molecule is Cc1cc2c(cc1Cl)C(=O)CC1(CCN(C(=O)CN3C(=O)c4ccc([N+](=O)[O-])cc4C3=O)CC1)O2. The van der Waals surface area contributed by atoms with Crippen LogP contribution in [0.5, 0.6) is 5.75 Å². The molecule has 0 radical (unpaired) electrons. The Morgan fingerprint density at radius 3 is 2.46 bits per heavy atom. The van der Waals surface area contributed by atoms with Gasteiger partial charge in [0.15, 0.2) is 5.78 Å². The molecule has 0 saturated carbocycles. The fraction of sp³-hybridized carbons (Fsp3) is 0.333. The summed E-state index contributed by atoms with van der Waals surface area (Å²) >= 11 is 6.15. The Balaban J connectivity index is 1.26. The summed E-state index contributed by atoms with van der Waals surface area (Å²) in [6.07, 6.45) is 1.01. The molecule has 0 N–H and O–H groups in total. The van der Waals surface area contributed by atoms with E-state index in [0.29, 0.717) is 42.3 Å². The van der Waals surface area contributed by atoms with E-state index in [-0.39, 0.29) is 29.0 Å². The van der Waals surface area contributed by atoms with Crippen LogP contribution in [0.25, 0.3) is 0 Å². The lowest BCUT2D eigenvalue weighted by Crippen LogP contribution is -2.54. The summed E-state index contributed by atoms with van der Waals surface area (Å²) in [5.74, 6) is -1.39. The molecule has 10 nitrogen and oxygen atoms in total. The number of nitro groups is 1. The van der Waals surface area contributed by atoms with E-state index >= 15 is 0 Å². The Morgan fingerprint density at radius 1 is 1.09 bits per heavy atom. The predicted octanol–water partition coefficient (Wildman–Crippen LogP) is 3.18. The Morgan fingerprint density at radius 2 is 1.77 bits per heavy atom. The lowest BCUT2D eigenvalue weighted by molar-refractivity contribution is -0.384. The summed E-state index contributed by atoms with van der Waals surface area (Å²) in [7, 11) is 0. The summed E-state index contributed by atoms with van der Waals surface area (Å²) in [6, 6.07) is 6.80. The number of benzene rings is 2. The molecule has 0 aromatic heterocycles. The van der Waals surface area contributed by atoms with Gasteiger partial charge in [0.05, 0.1) is 28.0 Å². The third-order valence-corrected chi connectivity index (χ3v) is 7.26. The van der Waals surface area contributed by atoms with Gasteiger partial charge in [-0.2, -0.15) is 0 Å². The quantitative estimate of drug-likeness (QED) is 0.362. The molecule has 2 aromatic carbocycles. The van der Waals surface area contributed by atoms with Gasteiger partial charge in [0.1, 0.15) is 17.9 Å². The molecule has 3 aliphatic heterocycles. The van der Waals surface area contributed by atoms with Crippen LogP contribution in [0.15, 0.2) is 30.3 Å². The second kappa shape index (κ2) is 8.16. The molecule has 0 atom stereocenters. The van der Waals surface area contributed by atoms with Crippen LogP contribution in [-0.4, -0.2) is 63.5 Å². The monoisotopic (exact) mass is 497 g/mol. The molecule has 1 fully saturated rings. The zero-order valence-electron chi connectivity index (χ0n) is 18.7. The lowest BCUT2D eigenvalue weighted by atomic mass is 9.82. The first-order valence-corrected chi connectivity index (χ1v) is 11.4. The summed E-state index contributed by atoms with van der Waals surface area (Å²) in [5, 5.41) is 11.5. The van der Waals surface area contributed by atoms with Gasteiger partial charge in [-0.05, 0) is 30.7 Å². The molecular formula is C24H20ClN3O7. The van der Waals surface area contributed by atoms with Crippen LogP contribution in [0, 0.1) is 17.0 Å². The van der Waals surface area contributed by atoms with Gasteiger partial charge in [-0.1, -0.05) is 11.6 Å². The van der Waals surface area contributed by atoms with Crippen LogP contribution < -0.4 is 4.74 Å². The number of Topliss-reactive ketones (excluding diaryl/α,β-unsaturated/α-hetero) is 1. The van der Waals surface area contributed by atoms with Gasteiger partial charge < -0.3 is 9.64 Å². The summed E-state index contributed by atoms with van der Waals surface area (Å²) in [6.45, 7) is 1.95. The molecule has 0 bridgehead atoms. The molecule has 0 unspecified atom stereocenters. The van der Waals surface area contributed by atoms with Crippen molar-refractivity contribution in [3.8, 4) is 5.75 Å². The number of non-ortho nitro benzene ring substituents is 1. The molecule has 35 heavy (non-hydrogen) atoms. The Hall–Kier alpha value is -3.79. The highest BCUT2D eigenvalue weighted by Gasteiger charge is 2.45. The zero-order chi connectivity index (χ0) is 25.1. The van der Waals surface area contributed by atoms with Crippen LogP contribution in [0.1, 0.15) is 55.9 Å². The Kier molecular flexibility index (Phi) is 5.36. The second-order valence-corrected chi connectivity index (χ2v) is 9.45. The number of amides is 3. The topological polar surface area (TPSA) is 127 Å². The number of halogens is 1. The first-order valence-electron chi connectivity index (χ1n) is 11.0. The maximum Gasteiger partial charge on any atom is 0.270 e. The first-order chi connectivity index (χ1) is 16.6. The minimum atomic E-state index is -0.734. The fourth-order valence-electron chi connectivity index (χ4n) is 4.83. The highest BCUT2D eigenvalue weighted by Crippen LogP contribution is 2.41. The molecule has 3 amide bonds. The number of carbonyl (C=O) groups is 4. The molecular weight excluding hydrogens is 478 g/mol. The van der Waals surface area contributed by atoms with Crippen LogP contribution in [0.3, 0.4) is 0 Å². The average molecular weight is 498 g/mol. The van der Waals surface area contributed by atoms with Crippen molar-refractivity contribution >= 4 is 40.8 Å². The van der Waals surface area contributed by atoms with Gasteiger partial charge in [-0.3, -0.25) is 34.2 Å². The Bertz CT molecular complexity index is 1330. The number of hydrogen-bond acceptors (Lipinski definition) is 7. The third kappa shape index (κ3) is 3.83. The van der Waals surface area contributed by atoms with Crippen molar-refractivity contribution in [2.45, 2.75) is 31.8 Å². The third-order valence-electron chi connectivity index (χ3n) is 6.86. The van der Waals surface area contributed by atoms with E-state index in [2.05, 4.69) is 0 Å². The molecule has 3 aliphatic rings. The molecule has 180 valence electrons. The average Bonchev–Trinajstić information content (AvgIpc) is 3.05. The van der Waals surface area contributed by atoms with E-state index in [1.807, 2.05) is 6.92 Å². The van der Waals surface area contributed by atoms with Crippen molar-refractivity contribution in [1.82, 2.24) is 9.80 Å². The summed E-state index contributed by atoms with van der Waals surface area (Å²) in [5.41, 5.74) is 0.174. The number of ketones is 1. The Labute approximate surface area is 204 Å². The van der Waals surface area contributed by atoms with Crippen molar-refractivity contribution in [2.75, 3.05) is 19.6 Å². The largest absolute Gasteiger partial charge is 0.486 e. The van der Waals surface area contributed by atoms with Gasteiger partial charge in [-0.25, -0.2) is 0 Å². The van der Waals surface area contributed by atoms with Crippen LogP contribution in [-0.2, 0) is 4.79 Å². The van der Waals surface area contributed by atoms with Gasteiger partial charge in [0.2, 0.25) is 5.91 Å². The highest BCUT2D eigenvalue weighted by molar-refractivity contribution is 6.32. The van der Waals surface area contributed by atoms with E-state index in [1.54, 1.807) is 12.1 Å². The minimum absolute atomic E-state index is 0.0363. The summed E-state index contributed by atoms with van der Waals surface area (Å²) < 4.78 is 6.24. The normalized spacial score (nSPS) is 18.4. The number of carbonyl (C=O) groups excluding carboxylic acids is 4. The number of aryl methyl sites for hydroxylation is 1. The van der Waals surface area contributed by atoms with Crippen LogP contribution >= 0.6 is 11.6 Å². The maximum atomic E-state index is 12.9. The number of piperidine rings is 1. The van der Waals surface area contributed by atoms with E-state index in [4.69, 9.17) is 16.3 Å². The zero-order valence-corrected chi connectivity index (χ0v) is 19.5. The van der Waals surface area contributed by atoms with E-state index in [1.165, 1.54) is 11.0 Å². The van der Waals surface area contributed by atoms with Gasteiger partial charge >= 0.3 is 0 Å². The minimum Gasteiger partial charge on any atom is -0.486 e. The number of fused-ring (bicyclic) bond motifs is 2. The number of imide groups is 1. The maximum absolute atomic E-state index is 12.9. The van der Waals surface area contributed by atoms with E-state index in [0.717, 1.165) is 22.6 Å². The number of ether oxygens (including phenoxy) is 1. The molecule has 0 aliphatic carbocycles. The number of hydrogen-bond donors (Lipinski definition) is 0. The smallest absolute Gasteiger partial charge is 0.270 e. The number of nitrogens with zero attached hydrogens (tertiary/aromatic N) is 3. The number of likely N-dealkylation sites (tertiary alicyclic amines) is 1. The van der Waals surface area contributed by atoms with Crippen molar-refractivity contribution in [3.05, 3.63) is 67.7 Å². The first kappa shape index (κ1) is 23.0. The van der Waals surface area contributed by atoms with Crippen molar-refractivity contribution in [2.24, 2.45) is 0 Å². The molecule has 2 aromatic rings. The number of nitro benzene ring substituents is 1. The van der Waals surface area contributed by atoms with Crippen molar-refractivity contribution in [1.29, 1.82) is 0 Å².